The Kier molecular flexibility index (Phi) is 5.47. The molecule has 22 heavy (non-hydrogen) atoms. The summed E-state index contributed by atoms with van der Waals surface area (Å²) < 4.78 is 11.4. The molecule has 2 aliphatic rings. The van der Waals surface area contributed by atoms with Gasteiger partial charge in [0.2, 0.25) is 0 Å². The molecule has 0 amide bonds. The highest BCUT2D eigenvalue weighted by Crippen LogP contribution is 2.34. The van der Waals surface area contributed by atoms with E-state index in [1.54, 1.807) is 0 Å². The molecule has 3 rings (SSSR count). The maximum atomic E-state index is 10.0. The molecule has 2 atom stereocenters. The second-order valence-electron chi connectivity index (χ2n) is 6.34. The molecule has 0 radical (unpaired) electrons. The quantitative estimate of drug-likeness (QED) is 0.792. The fourth-order valence-electron chi connectivity index (χ4n) is 3.65. The fourth-order valence-corrected chi connectivity index (χ4v) is 3.65. The molecule has 2 unspecified atom stereocenters. The molecule has 4 heteroatoms. The molecule has 4 nitrogen and oxygen atoms in total. The second-order valence-corrected chi connectivity index (χ2v) is 6.34. The van der Waals surface area contributed by atoms with E-state index in [9.17, 15) is 5.11 Å². The number of benzene rings is 1. The Bertz CT molecular complexity index is 473. The van der Waals surface area contributed by atoms with Gasteiger partial charge in [-0.15, -0.1) is 0 Å². The van der Waals surface area contributed by atoms with Gasteiger partial charge in [-0.25, -0.2) is 0 Å². The van der Waals surface area contributed by atoms with E-state index in [1.165, 1.54) is 17.5 Å². The van der Waals surface area contributed by atoms with Crippen molar-refractivity contribution < 1.29 is 14.6 Å². The van der Waals surface area contributed by atoms with Crippen molar-refractivity contribution in [1.29, 1.82) is 0 Å². The van der Waals surface area contributed by atoms with Gasteiger partial charge in [0, 0.05) is 13.2 Å². The minimum absolute atomic E-state index is 0.0423. The van der Waals surface area contributed by atoms with Gasteiger partial charge in [0.25, 0.3) is 0 Å². The number of aryl methyl sites for hydroxylation is 1. The van der Waals surface area contributed by atoms with E-state index in [-0.39, 0.29) is 18.4 Å². The smallest absolute Gasteiger partial charge is 0.157 e. The van der Waals surface area contributed by atoms with E-state index < -0.39 is 0 Å². The lowest BCUT2D eigenvalue weighted by molar-refractivity contribution is -0.162. The molecule has 1 aromatic carbocycles. The average molecular weight is 305 g/mol. The van der Waals surface area contributed by atoms with Crippen LogP contribution in [0, 0.1) is 0 Å². The van der Waals surface area contributed by atoms with Crippen molar-refractivity contribution >= 4 is 0 Å². The van der Waals surface area contributed by atoms with Crippen LogP contribution in [0.3, 0.4) is 0 Å². The largest absolute Gasteiger partial charge is 0.394 e. The van der Waals surface area contributed by atoms with Crippen molar-refractivity contribution in [1.82, 2.24) is 5.32 Å². The summed E-state index contributed by atoms with van der Waals surface area (Å²) in [6.07, 6.45) is 6.46. The molecule has 1 heterocycles. The number of aliphatic hydroxyl groups is 1. The van der Waals surface area contributed by atoms with Crippen LogP contribution in [0.2, 0.25) is 0 Å². The van der Waals surface area contributed by atoms with Gasteiger partial charge in [0.05, 0.1) is 18.8 Å². The highest BCUT2D eigenvalue weighted by molar-refractivity contribution is 5.36. The maximum Gasteiger partial charge on any atom is 0.157 e. The first kappa shape index (κ1) is 15.9. The maximum absolute atomic E-state index is 10.0. The van der Waals surface area contributed by atoms with E-state index in [0.717, 1.165) is 45.3 Å². The van der Waals surface area contributed by atoms with Gasteiger partial charge in [0.1, 0.15) is 0 Å². The summed E-state index contributed by atoms with van der Waals surface area (Å²) in [7, 11) is 0. The van der Waals surface area contributed by atoms with Crippen LogP contribution >= 0.6 is 0 Å². The standard InChI is InChI=1S/C18H27NO3/c20-14-18(10-5-7-15-6-1-2-8-16(15)18)19-11-13-22-17-9-3-4-12-21-17/h1-2,6,8,17,19-20H,3-5,7,9-14H2. The second kappa shape index (κ2) is 7.55. The van der Waals surface area contributed by atoms with Crippen LogP contribution in [0.25, 0.3) is 0 Å². The summed E-state index contributed by atoms with van der Waals surface area (Å²) in [5.41, 5.74) is 2.29. The van der Waals surface area contributed by atoms with Crippen LogP contribution in [0.4, 0.5) is 0 Å². The van der Waals surface area contributed by atoms with Crippen molar-refractivity contribution in [3.63, 3.8) is 0 Å². The Morgan fingerprint density at radius 3 is 3.00 bits per heavy atom. The van der Waals surface area contributed by atoms with E-state index >= 15 is 0 Å². The Labute approximate surface area is 132 Å². The molecule has 122 valence electrons. The Morgan fingerprint density at radius 2 is 2.18 bits per heavy atom. The molecule has 1 saturated heterocycles. The molecule has 1 fully saturated rings. The van der Waals surface area contributed by atoms with Crippen LogP contribution in [0.1, 0.15) is 43.2 Å². The van der Waals surface area contributed by atoms with E-state index in [4.69, 9.17) is 9.47 Å². The first-order valence-corrected chi connectivity index (χ1v) is 8.51. The third-order valence-electron chi connectivity index (χ3n) is 4.86. The van der Waals surface area contributed by atoms with E-state index in [1.807, 2.05) is 0 Å². The van der Waals surface area contributed by atoms with Gasteiger partial charge in [0.15, 0.2) is 6.29 Å². The zero-order chi connectivity index (χ0) is 15.3. The third kappa shape index (κ3) is 3.51. The minimum atomic E-state index is -0.314. The van der Waals surface area contributed by atoms with Crippen LogP contribution in [-0.4, -0.2) is 37.8 Å². The zero-order valence-electron chi connectivity index (χ0n) is 13.2. The van der Waals surface area contributed by atoms with Crippen molar-refractivity contribution in [3.05, 3.63) is 35.4 Å². The third-order valence-corrected chi connectivity index (χ3v) is 4.86. The molecule has 0 aromatic heterocycles. The number of ether oxygens (including phenoxy) is 2. The Balaban J connectivity index is 1.55. The van der Waals surface area contributed by atoms with Gasteiger partial charge in [-0.05, 0) is 49.7 Å². The molecule has 0 spiro atoms. The Morgan fingerprint density at radius 1 is 1.27 bits per heavy atom. The lowest BCUT2D eigenvalue weighted by Crippen LogP contribution is -2.49. The number of aliphatic hydroxyl groups excluding tert-OH is 1. The average Bonchev–Trinajstić information content (AvgIpc) is 2.60. The summed E-state index contributed by atoms with van der Waals surface area (Å²) in [6, 6.07) is 8.45. The SMILES string of the molecule is OCC1(NCCOC2CCCCO2)CCCc2ccccc21. The van der Waals surface area contributed by atoms with Crippen LogP contribution < -0.4 is 5.32 Å². The van der Waals surface area contributed by atoms with Crippen molar-refractivity contribution in [3.8, 4) is 0 Å². The number of fused-ring (bicyclic) bond motifs is 1. The lowest BCUT2D eigenvalue weighted by Gasteiger charge is -2.39. The summed E-state index contributed by atoms with van der Waals surface area (Å²) in [4.78, 5) is 0. The molecule has 0 saturated carbocycles. The van der Waals surface area contributed by atoms with Gasteiger partial charge in [-0.2, -0.15) is 0 Å². The van der Waals surface area contributed by atoms with Gasteiger partial charge in [-0.3, -0.25) is 0 Å². The topological polar surface area (TPSA) is 50.7 Å². The van der Waals surface area contributed by atoms with Crippen molar-refractivity contribution in [2.75, 3.05) is 26.4 Å². The lowest BCUT2D eigenvalue weighted by atomic mass is 9.77. The highest BCUT2D eigenvalue weighted by Gasteiger charge is 2.35. The molecule has 1 aliphatic carbocycles. The van der Waals surface area contributed by atoms with Crippen LogP contribution in [0.5, 0.6) is 0 Å². The Hall–Kier alpha value is -0.940. The minimum Gasteiger partial charge on any atom is -0.394 e. The molecule has 2 N–H and O–H groups in total. The number of rotatable bonds is 6. The molecule has 1 aromatic rings. The monoisotopic (exact) mass is 305 g/mol. The summed E-state index contributed by atoms with van der Waals surface area (Å²) in [5.74, 6) is 0. The summed E-state index contributed by atoms with van der Waals surface area (Å²) in [6.45, 7) is 2.29. The number of hydrogen-bond donors (Lipinski definition) is 2. The zero-order valence-corrected chi connectivity index (χ0v) is 13.2. The van der Waals surface area contributed by atoms with Crippen molar-refractivity contribution in [2.45, 2.75) is 50.4 Å². The molecular formula is C18H27NO3. The number of hydrogen-bond acceptors (Lipinski definition) is 4. The molecule has 1 aliphatic heterocycles. The van der Waals surface area contributed by atoms with E-state index in [0.29, 0.717) is 6.61 Å². The van der Waals surface area contributed by atoms with Crippen LogP contribution in [0.15, 0.2) is 24.3 Å². The van der Waals surface area contributed by atoms with Gasteiger partial charge < -0.3 is 19.9 Å². The molecular weight excluding hydrogens is 278 g/mol. The van der Waals surface area contributed by atoms with Crippen molar-refractivity contribution in [2.24, 2.45) is 0 Å². The van der Waals surface area contributed by atoms with E-state index in [2.05, 4.69) is 29.6 Å². The predicted molar refractivity (Wildman–Crippen MR) is 85.7 cm³/mol. The first-order chi connectivity index (χ1) is 10.8. The first-order valence-electron chi connectivity index (χ1n) is 8.51. The fraction of sp³-hybridized carbons (Fsp3) is 0.667. The molecule has 0 bridgehead atoms. The predicted octanol–water partition coefficient (Wildman–Crippen LogP) is 2.34. The van der Waals surface area contributed by atoms with Gasteiger partial charge in [-0.1, -0.05) is 24.3 Å². The highest BCUT2D eigenvalue weighted by atomic mass is 16.7. The summed E-state index contributed by atoms with van der Waals surface area (Å²) in [5, 5.41) is 13.6. The van der Waals surface area contributed by atoms with Gasteiger partial charge >= 0.3 is 0 Å². The van der Waals surface area contributed by atoms with Crippen LogP contribution in [-0.2, 0) is 21.4 Å². The normalized spacial score (nSPS) is 28.3. The summed E-state index contributed by atoms with van der Waals surface area (Å²) >= 11 is 0. The number of nitrogens with one attached hydrogen (secondary N) is 1.